The predicted octanol–water partition coefficient (Wildman–Crippen LogP) is 3.49. The van der Waals surface area contributed by atoms with E-state index in [1.807, 2.05) is 6.07 Å². The highest BCUT2D eigenvalue weighted by Crippen LogP contribution is 2.31. The molecule has 2 rings (SSSR count). The van der Waals surface area contributed by atoms with Crippen LogP contribution in [-0.2, 0) is 10.1 Å². The van der Waals surface area contributed by atoms with Gasteiger partial charge in [-0.1, -0.05) is 22.0 Å². The third kappa shape index (κ3) is 3.78. The highest BCUT2D eigenvalue weighted by Gasteiger charge is 2.19. The second-order valence-corrected chi connectivity index (χ2v) is 6.66. The van der Waals surface area contributed by atoms with Crippen LogP contribution in [0, 0.1) is 11.3 Å². The van der Waals surface area contributed by atoms with Gasteiger partial charge >= 0.3 is 10.1 Å². The van der Waals surface area contributed by atoms with Crippen LogP contribution in [-0.4, -0.2) is 15.0 Å². The zero-order chi connectivity index (χ0) is 16.2. The Morgan fingerprint density at radius 1 is 1.18 bits per heavy atom. The molecule has 2 aromatic carbocycles. The van der Waals surface area contributed by atoms with Crippen LogP contribution in [0.25, 0.3) is 0 Å². The zero-order valence-electron chi connectivity index (χ0n) is 11.6. The molecule has 0 amide bonds. The molecule has 0 spiro atoms. The van der Waals surface area contributed by atoms with Gasteiger partial charge in [-0.2, -0.15) is 13.7 Å². The summed E-state index contributed by atoms with van der Waals surface area (Å²) in [6.45, 7) is 2.08. The zero-order valence-corrected chi connectivity index (χ0v) is 14.0. The van der Waals surface area contributed by atoms with Crippen molar-refractivity contribution in [1.29, 1.82) is 5.26 Å². The Labute approximate surface area is 137 Å². The Morgan fingerprint density at radius 3 is 2.59 bits per heavy atom. The molecule has 5 nitrogen and oxygen atoms in total. The lowest BCUT2D eigenvalue weighted by molar-refractivity contribution is 0.327. The van der Waals surface area contributed by atoms with Crippen molar-refractivity contribution in [3.63, 3.8) is 0 Å². The lowest BCUT2D eigenvalue weighted by atomic mass is 10.2. The number of nitriles is 1. The Balaban J connectivity index is 2.39. The molecule has 114 valence electrons. The van der Waals surface area contributed by atoms with E-state index in [4.69, 9.17) is 14.2 Å². The monoisotopic (exact) mass is 381 g/mol. The van der Waals surface area contributed by atoms with E-state index >= 15 is 0 Å². The maximum Gasteiger partial charge on any atom is 0.339 e. The SMILES string of the molecule is CCOc1cc(C#N)ccc1OS(=O)(=O)c1cccc(Br)c1. The first-order chi connectivity index (χ1) is 10.5. The van der Waals surface area contributed by atoms with E-state index in [0.29, 0.717) is 16.6 Å². The summed E-state index contributed by atoms with van der Waals surface area (Å²) in [6.07, 6.45) is 0. The molecule has 22 heavy (non-hydrogen) atoms. The molecule has 0 atom stereocenters. The smallest absolute Gasteiger partial charge is 0.339 e. The van der Waals surface area contributed by atoms with Crippen LogP contribution in [0.2, 0.25) is 0 Å². The summed E-state index contributed by atoms with van der Waals surface area (Å²) >= 11 is 3.22. The molecule has 7 heteroatoms. The number of hydrogen-bond donors (Lipinski definition) is 0. The van der Waals surface area contributed by atoms with E-state index in [2.05, 4.69) is 15.9 Å². The third-order valence-electron chi connectivity index (χ3n) is 2.66. The number of hydrogen-bond acceptors (Lipinski definition) is 5. The lowest BCUT2D eigenvalue weighted by Gasteiger charge is -2.12. The fourth-order valence-electron chi connectivity index (χ4n) is 1.70. The molecule has 0 saturated carbocycles. The molecular formula is C15H12BrNO4S. The lowest BCUT2D eigenvalue weighted by Crippen LogP contribution is -2.11. The highest BCUT2D eigenvalue weighted by molar-refractivity contribution is 9.10. The number of benzene rings is 2. The van der Waals surface area contributed by atoms with Crippen LogP contribution in [0.3, 0.4) is 0 Å². The molecule has 0 unspecified atom stereocenters. The molecule has 0 radical (unpaired) electrons. The number of ether oxygens (including phenoxy) is 1. The molecule has 0 saturated heterocycles. The van der Waals surface area contributed by atoms with Crippen molar-refractivity contribution in [2.24, 2.45) is 0 Å². The first-order valence-corrected chi connectivity index (χ1v) is 8.53. The van der Waals surface area contributed by atoms with Crippen molar-refractivity contribution in [1.82, 2.24) is 0 Å². The van der Waals surface area contributed by atoms with Crippen LogP contribution in [0.4, 0.5) is 0 Å². The van der Waals surface area contributed by atoms with Gasteiger partial charge in [-0.05, 0) is 37.3 Å². The van der Waals surface area contributed by atoms with Gasteiger partial charge in [-0.3, -0.25) is 0 Å². The van der Waals surface area contributed by atoms with E-state index in [1.165, 1.54) is 30.3 Å². The maximum absolute atomic E-state index is 12.3. The Hall–Kier alpha value is -2.04. The number of halogens is 1. The second-order valence-electron chi connectivity index (χ2n) is 4.20. The van der Waals surface area contributed by atoms with Crippen LogP contribution in [0.15, 0.2) is 51.8 Å². The number of rotatable bonds is 5. The highest BCUT2D eigenvalue weighted by atomic mass is 79.9. The largest absolute Gasteiger partial charge is 0.490 e. The summed E-state index contributed by atoms with van der Waals surface area (Å²) in [4.78, 5) is 0.0219. The van der Waals surface area contributed by atoms with Gasteiger partial charge in [0, 0.05) is 10.5 Å². The first kappa shape index (κ1) is 16.3. The summed E-state index contributed by atoms with van der Waals surface area (Å²) in [5.74, 6) is 0.251. The van der Waals surface area contributed by atoms with Gasteiger partial charge in [-0.25, -0.2) is 0 Å². The van der Waals surface area contributed by atoms with Crippen LogP contribution in [0.1, 0.15) is 12.5 Å². The predicted molar refractivity (Wildman–Crippen MR) is 84.3 cm³/mol. The van der Waals surface area contributed by atoms with Gasteiger partial charge in [-0.15, -0.1) is 0 Å². The topological polar surface area (TPSA) is 76.4 Å². The normalized spacial score (nSPS) is 10.8. The van der Waals surface area contributed by atoms with Gasteiger partial charge < -0.3 is 8.92 Å². The van der Waals surface area contributed by atoms with Gasteiger partial charge in [0.2, 0.25) is 0 Å². The van der Waals surface area contributed by atoms with Crippen LogP contribution in [0.5, 0.6) is 11.5 Å². The van der Waals surface area contributed by atoms with E-state index in [9.17, 15) is 8.42 Å². The molecule has 0 aliphatic carbocycles. The van der Waals surface area contributed by atoms with Crippen molar-refractivity contribution < 1.29 is 17.3 Å². The molecule has 0 aliphatic rings. The van der Waals surface area contributed by atoms with Gasteiger partial charge in [0.25, 0.3) is 0 Å². The fraction of sp³-hybridized carbons (Fsp3) is 0.133. The average Bonchev–Trinajstić information content (AvgIpc) is 2.49. The minimum Gasteiger partial charge on any atom is -0.490 e. The summed E-state index contributed by atoms with van der Waals surface area (Å²) in [5.41, 5.74) is 0.357. The van der Waals surface area contributed by atoms with E-state index in [0.717, 1.165) is 0 Å². The molecular weight excluding hydrogens is 370 g/mol. The minimum atomic E-state index is -3.99. The fourth-order valence-corrected chi connectivity index (χ4v) is 3.24. The first-order valence-electron chi connectivity index (χ1n) is 6.33. The second kappa shape index (κ2) is 6.81. The molecule has 0 heterocycles. The molecule has 0 fully saturated rings. The minimum absolute atomic E-state index is 0.0219. The molecule has 0 bridgehead atoms. The summed E-state index contributed by atoms with van der Waals surface area (Å²) < 4.78 is 35.7. The summed E-state index contributed by atoms with van der Waals surface area (Å²) in [7, 11) is -3.99. The van der Waals surface area contributed by atoms with Crippen molar-refractivity contribution in [3.8, 4) is 17.6 Å². The average molecular weight is 382 g/mol. The molecule has 2 aromatic rings. The standard InChI is InChI=1S/C15H12BrNO4S/c1-2-20-15-8-11(10-17)6-7-14(15)21-22(18,19)13-5-3-4-12(16)9-13/h3-9H,2H2,1H3. The molecule has 0 aromatic heterocycles. The quantitative estimate of drug-likeness (QED) is 0.740. The van der Waals surface area contributed by atoms with Crippen LogP contribution < -0.4 is 8.92 Å². The Morgan fingerprint density at radius 2 is 1.95 bits per heavy atom. The van der Waals surface area contributed by atoms with Gasteiger partial charge in [0.05, 0.1) is 18.2 Å². The molecule has 0 aliphatic heterocycles. The van der Waals surface area contributed by atoms with Crippen LogP contribution >= 0.6 is 15.9 Å². The van der Waals surface area contributed by atoms with Crippen molar-refractivity contribution in [3.05, 3.63) is 52.5 Å². The third-order valence-corrected chi connectivity index (χ3v) is 4.38. The van der Waals surface area contributed by atoms with Crippen molar-refractivity contribution in [2.45, 2.75) is 11.8 Å². The van der Waals surface area contributed by atoms with Gasteiger partial charge in [0.15, 0.2) is 11.5 Å². The maximum atomic E-state index is 12.3. The summed E-state index contributed by atoms with van der Waals surface area (Å²) in [6, 6.07) is 12.5. The Kier molecular flexibility index (Phi) is 5.06. The van der Waals surface area contributed by atoms with Gasteiger partial charge in [0.1, 0.15) is 4.90 Å². The summed E-state index contributed by atoms with van der Waals surface area (Å²) in [5, 5.41) is 8.89. The number of nitrogens with zero attached hydrogens (tertiary/aromatic N) is 1. The van der Waals surface area contributed by atoms with E-state index in [-0.39, 0.29) is 16.4 Å². The van der Waals surface area contributed by atoms with Crippen molar-refractivity contribution >= 4 is 26.0 Å². The van der Waals surface area contributed by atoms with E-state index in [1.54, 1.807) is 19.1 Å². The Bertz CT molecular complexity index is 828. The molecule has 0 N–H and O–H groups in total. The van der Waals surface area contributed by atoms with Crippen molar-refractivity contribution in [2.75, 3.05) is 6.61 Å². The van der Waals surface area contributed by atoms with E-state index < -0.39 is 10.1 Å².